The number of hydrogen-bond donors (Lipinski definition) is 1. The Hall–Kier alpha value is -0.170. The van der Waals surface area contributed by atoms with Crippen LogP contribution in [0.5, 0.6) is 0 Å². The Kier molecular flexibility index (Phi) is 6.55. The molecule has 1 N–H and O–H groups in total. The summed E-state index contributed by atoms with van der Waals surface area (Å²) in [6.45, 7) is 8.17. The van der Waals surface area contributed by atoms with E-state index in [-0.39, 0.29) is 24.4 Å². The lowest BCUT2D eigenvalue weighted by atomic mass is 10.1. The van der Waals surface area contributed by atoms with Gasteiger partial charge in [0, 0.05) is 31.8 Å². The molecule has 0 radical (unpaired) electrons. The molecule has 1 rings (SSSR count). The zero-order chi connectivity index (χ0) is 13.6. The van der Waals surface area contributed by atoms with Crippen molar-refractivity contribution in [1.82, 2.24) is 9.62 Å². The van der Waals surface area contributed by atoms with E-state index in [1.807, 2.05) is 13.8 Å². The minimum absolute atomic E-state index is 0.0828. The summed E-state index contributed by atoms with van der Waals surface area (Å²) in [7, 11) is -3.19. The maximum Gasteiger partial charge on any atom is 0.216 e. The molecule has 18 heavy (non-hydrogen) atoms. The van der Waals surface area contributed by atoms with Crippen molar-refractivity contribution in [3.8, 4) is 0 Å². The molecule has 0 aromatic heterocycles. The van der Waals surface area contributed by atoms with Gasteiger partial charge in [0.15, 0.2) is 0 Å². The first-order valence-corrected chi connectivity index (χ1v) is 8.46. The van der Waals surface area contributed by atoms with Crippen LogP contribution in [0.15, 0.2) is 0 Å². The average molecular weight is 278 g/mol. The number of nitrogens with one attached hydrogen (secondary N) is 1. The zero-order valence-corrected chi connectivity index (χ0v) is 12.5. The minimum atomic E-state index is -3.19. The zero-order valence-electron chi connectivity index (χ0n) is 11.7. The van der Waals surface area contributed by atoms with Crippen molar-refractivity contribution >= 4 is 10.0 Å². The average Bonchev–Trinajstić information content (AvgIpc) is 2.38. The van der Waals surface area contributed by atoms with Crippen LogP contribution < -0.4 is 5.32 Å². The van der Waals surface area contributed by atoms with Gasteiger partial charge in [-0.2, -0.15) is 4.31 Å². The van der Waals surface area contributed by atoms with Crippen molar-refractivity contribution in [2.24, 2.45) is 0 Å². The lowest BCUT2D eigenvalue weighted by Crippen LogP contribution is -2.58. The number of hydrogen-bond acceptors (Lipinski definition) is 4. The number of sulfonamides is 1. The molecule has 6 heteroatoms. The second-order valence-corrected chi connectivity index (χ2v) is 6.70. The summed E-state index contributed by atoms with van der Waals surface area (Å²) in [5.41, 5.74) is 0. The lowest BCUT2D eigenvalue weighted by Gasteiger charge is -2.38. The molecule has 1 aliphatic rings. The van der Waals surface area contributed by atoms with Gasteiger partial charge >= 0.3 is 0 Å². The molecule has 0 amide bonds. The van der Waals surface area contributed by atoms with E-state index < -0.39 is 10.0 Å². The van der Waals surface area contributed by atoms with Crippen LogP contribution in [-0.4, -0.2) is 56.9 Å². The normalized spacial score (nSPS) is 26.4. The van der Waals surface area contributed by atoms with E-state index in [9.17, 15) is 8.42 Å². The van der Waals surface area contributed by atoms with Gasteiger partial charge in [-0.3, -0.25) is 0 Å². The maximum atomic E-state index is 12.3. The highest BCUT2D eigenvalue weighted by Gasteiger charge is 2.34. The fourth-order valence-electron chi connectivity index (χ4n) is 2.22. The van der Waals surface area contributed by atoms with Crippen molar-refractivity contribution in [1.29, 1.82) is 0 Å². The number of nitrogens with zero attached hydrogens (tertiary/aromatic N) is 1. The van der Waals surface area contributed by atoms with Gasteiger partial charge < -0.3 is 10.1 Å². The molecular formula is C12H26N2O3S. The third kappa shape index (κ3) is 4.19. The predicted octanol–water partition coefficient (Wildman–Crippen LogP) is 0.815. The van der Waals surface area contributed by atoms with Gasteiger partial charge in [-0.1, -0.05) is 13.8 Å². The van der Waals surface area contributed by atoms with Crippen molar-refractivity contribution in [2.75, 3.05) is 32.1 Å². The van der Waals surface area contributed by atoms with E-state index in [1.165, 1.54) is 0 Å². The first-order valence-electron chi connectivity index (χ1n) is 6.85. The summed E-state index contributed by atoms with van der Waals surface area (Å²) in [5, 5.41) is 3.40. The van der Waals surface area contributed by atoms with Crippen LogP contribution in [-0.2, 0) is 14.8 Å². The van der Waals surface area contributed by atoms with Gasteiger partial charge in [-0.25, -0.2) is 8.42 Å². The molecule has 0 aromatic carbocycles. The Labute approximate surface area is 111 Å². The van der Waals surface area contributed by atoms with Crippen molar-refractivity contribution < 1.29 is 13.2 Å². The van der Waals surface area contributed by atoms with E-state index in [0.717, 1.165) is 19.4 Å². The molecule has 0 bridgehead atoms. The van der Waals surface area contributed by atoms with Crippen molar-refractivity contribution in [3.63, 3.8) is 0 Å². The van der Waals surface area contributed by atoms with Crippen molar-refractivity contribution in [3.05, 3.63) is 0 Å². The Morgan fingerprint density at radius 3 is 2.56 bits per heavy atom. The molecule has 1 saturated heterocycles. The van der Waals surface area contributed by atoms with E-state index >= 15 is 0 Å². The predicted molar refractivity (Wildman–Crippen MR) is 73.1 cm³/mol. The van der Waals surface area contributed by atoms with Gasteiger partial charge in [0.05, 0.1) is 12.4 Å². The van der Waals surface area contributed by atoms with Crippen LogP contribution in [0, 0.1) is 0 Å². The molecule has 2 unspecified atom stereocenters. The molecule has 2 atom stereocenters. The molecule has 108 valence electrons. The highest BCUT2D eigenvalue weighted by Crippen LogP contribution is 2.17. The molecule has 0 spiro atoms. The lowest BCUT2D eigenvalue weighted by molar-refractivity contribution is 0.159. The number of piperazine rings is 1. The molecule has 1 fully saturated rings. The summed E-state index contributed by atoms with van der Waals surface area (Å²) in [5.74, 6) is 0.0910. The van der Waals surface area contributed by atoms with Gasteiger partial charge in [0.25, 0.3) is 0 Å². The molecule has 0 aromatic rings. The van der Waals surface area contributed by atoms with E-state index in [4.69, 9.17) is 4.74 Å². The van der Waals surface area contributed by atoms with Crippen LogP contribution in [0.2, 0.25) is 0 Å². The van der Waals surface area contributed by atoms with Crippen molar-refractivity contribution in [2.45, 2.75) is 45.7 Å². The first-order chi connectivity index (χ1) is 8.55. The topological polar surface area (TPSA) is 58.6 Å². The Morgan fingerprint density at radius 1 is 1.28 bits per heavy atom. The number of rotatable bonds is 7. The maximum absolute atomic E-state index is 12.3. The Balaban J connectivity index is 2.68. The highest BCUT2D eigenvalue weighted by atomic mass is 32.2. The quantitative estimate of drug-likeness (QED) is 0.700. The highest BCUT2D eigenvalue weighted by molar-refractivity contribution is 7.89. The van der Waals surface area contributed by atoms with E-state index in [0.29, 0.717) is 13.2 Å². The standard InChI is InChI=1S/C12H26N2O3S/c1-4-11-10-14(12(5-2)9-13-11)18(15,16)8-7-17-6-3/h11-13H,4-10H2,1-3H3. The summed E-state index contributed by atoms with van der Waals surface area (Å²) >= 11 is 0. The molecule has 0 aliphatic carbocycles. The SMILES string of the molecule is CCOCCS(=O)(=O)N1CC(CC)NCC1CC. The van der Waals surface area contributed by atoms with Gasteiger partial charge in [-0.15, -0.1) is 0 Å². The fraction of sp³-hybridized carbons (Fsp3) is 1.00. The van der Waals surface area contributed by atoms with Gasteiger partial charge in [-0.05, 0) is 19.8 Å². The second-order valence-electron chi connectivity index (χ2n) is 4.66. The summed E-state index contributed by atoms with van der Waals surface area (Å²) in [6, 6.07) is 0.356. The molecule has 1 aliphatic heterocycles. The van der Waals surface area contributed by atoms with E-state index in [2.05, 4.69) is 12.2 Å². The van der Waals surface area contributed by atoms with Gasteiger partial charge in [0.1, 0.15) is 0 Å². The molecule has 0 saturated carbocycles. The first kappa shape index (κ1) is 15.9. The number of ether oxygens (including phenoxy) is 1. The summed E-state index contributed by atoms with van der Waals surface area (Å²) in [6.07, 6.45) is 1.80. The van der Waals surface area contributed by atoms with Crippen LogP contribution in [0.1, 0.15) is 33.6 Å². The van der Waals surface area contributed by atoms with Crippen LogP contribution in [0.4, 0.5) is 0 Å². The molecule has 5 nitrogen and oxygen atoms in total. The third-order valence-corrected chi connectivity index (χ3v) is 5.31. The smallest absolute Gasteiger partial charge is 0.216 e. The minimum Gasteiger partial charge on any atom is -0.381 e. The largest absolute Gasteiger partial charge is 0.381 e. The Morgan fingerprint density at radius 2 is 2.00 bits per heavy atom. The van der Waals surface area contributed by atoms with E-state index in [1.54, 1.807) is 4.31 Å². The fourth-order valence-corrected chi connectivity index (χ4v) is 3.87. The Bertz CT molecular complexity index is 332. The summed E-state index contributed by atoms with van der Waals surface area (Å²) in [4.78, 5) is 0. The van der Waals surface area contributed by atoms with Crippen LogP contribution >= 0.6 is 0 Å². The summed E-state index contributed by atoms with van der Waals surface area (Å²) < 4.78 is 31.5. The van der Waals surface area contributed by atoms with Gasteiger partial charge in [0.2, 0.25) is 10.0 Å². The second kappa shape index (κ2) is 7.43. The molecular weight excluding hydrogens is 252 g/mol. The van der Waals surface area contributed by atoms with Crippen LogP contribution in [0.3, 0.4) is 0 Å². The monoisotopic (exact) mass is 278 g/mol. The third-order valence-electron chi connectivity index (χ3n) is 3.46. The van der Waals surface area contributed by atoms with Crippen LogP contribution in [0.25, 0.3) is 0 Å². The molecule has 1 heterocycles.